The summed E-state index contributed by atoms with van der Waals surface area (Å²) in [7, 11) is 0. The smallest absolute Gasteiger partial charge is 0.255 e. The van der Waals surface area contributed by atoms with Gasteiger partial charge in [-0.3, -0.25) is 4.79 Å². The van der Waals surface area contributed by atoms with Gasteiger partial charge in [0, 0.05) is 24.1 Å². The molecule has 0 bridgehead atoms. The second-order valence-corrected chi connectivity index (χ2v) is 8.41. The van der Waals surface area contributed by atoms with Gasteiger partial charge in [0.15, 0.2) is 17.3 Å². The van der Waals surface area contributed by atoms with E-state index < -0.39 is 11.7 Å². The van der Waals surface area contributed by atoms with Crippen LogP contribution in [0.4, 0.5) is 10.1 Å². The Bertz CT molecular complexity index is 1150. The van der Waals surface area contributed by atoms with Crippen molar-refractivity contribution in [2.24, 2.45) is 0 Å². The Morgan fingerprint density at radius 2 is 1.79 bits per heavy atom. The highest BCUT2D eigenvalue weighted by atomic mass is 19.1. The van der Waals surface area contributed by atoms with Crippen LogP contribution >= 0.6 is 0 Å². The van der Waals surface area contributed by atoms with Crippen molar-refractivity contribution in [3.63, 3.8) is 0 Å². The Labute approximate surface area is 199 Å². The standard InChI is InChI=1S/C26H31FN4O3/c1-3-14-33-22-12-10-19(17-23(22)34-15-4-2)26(32)28-21-16-18(9-11-20(21)27)25-30-29-24-8-6-5-7-13-31(24)25/h9-12,16-17H,3-8,13-15H2,1-2H3,(H,28,32). The summed E-state index contributed by atoms with van der Waals surface area (Å²) in [4.78, 5) is 13.0. The van der Waals surface area contributed by atoms with Gasteiger partial charge in [0.05, 0.1) is 18.9 Å². The lowest BCUT2D eigenvalue weighted by molar-refractivity contribution is 0.102. The molecule has 2 heterocycles. The van der Waals surface area contributed by atoms with E-state index in [0.717, 1.165) is 50.9 Å². The second-order valence-electron chi connectivity index (χ2n) is 8.41. The molecule has 0 spiro atoms. The molecule has 0 saturated heterocycles. The number of rotatable bonds is 9. The first-order valence-corrected chi connectivity index (χ1v) is 12.0. The average Bonchev–Trinajstić information content (AvgIpc) is 3.10. The zero-order valence-electron chi connectivity index (χ0n) is 19.8. The molecule has 4 rings (SSSR count). The fraction of sp³-hybridized carbons (Fsp3) is 0.423. The number of nitrogens with one attached hydrogen (secondary N) is 1. The number of hydrogen-bond acceptors (Lipinski definition) is 5. The van der Waals surface area contributed by atoms with Crippen LogP contribution in [-0.4, -0.2) is 33.9 Å². The lowest BCUT2D eigenvalue weighted by atomic mass is 10.1. The third-order valence-corrected chi connectivity index (χ3v) is 5.71. The molecule has 7 nitrogen and oxygen atoms in total. The number of anilines is 1. The fourth-order valence-corrected chi connectivity index (χ4v) is 3.96. The molecule has 0 unspecified atom stereocenters. The monoisotopic (exact) mass is 466 g/mol. The van der Waals surface area contributed by atoms with Gasteiger partial charge in [-0.1, -0.05) is 20.3 Å². The third kappa shape index (κ3) is 5.38. The summed E-state index contributed by atoms with van der Waals surface area (Å²) in [6.45, 7) is 5.93. The van der Waals surface area contributed by atoms with Crippen LogP contribution in [0.15, 0.2) is 36.4 Å². The summed E-state index contributed by atoms with van der Waals surface area (Å²) in [5, 5.41) is 11.4. The van der Waals surface area contributed by atoms with Crippen molar-refractivity contribution in [3.05, 3.63) is 53.6 Å². The predicted molar refractivity (Wildman–Crippen MR) is 129 cm³/mol. The number of nitrogens with zero attached hydrogens (tertiary/aromatic N) is 3. The molecule has 0 saturated carbocycles. The molecule has 1 aliphatic rings. The maximum Gasteiger partial charge on any atom is 0.255 e. The van der Waals surface area contributed by atoms with Crippen LogP contribution in [0.1, 0.15) is 62.1 Å². The number of hydrogen-bond donors (Lipinski definition) is 1. The van der Waals surface area contributed by atoms with E-state index in [9.17, 15) is 9.18 Å². The number of amides is 1. The Balaban J connectivity index is 1.57. The van der Waals surface area contributed by atoms with E-state index >= 15 is 0 Å². The van der Waals surface area contributed by atoms with E-state index in [4.69, 9.17) is 9.47 Å². The van der Waals surface area contributed by atoms with Crippen molar-refractivity contribution in [1.29, 1.82) is 0 Å². The largest absolute Gasteiger partial charge is 0.490 e. The number of halogens is 1. The highest BCUT2D eigenvalue weighted by Crippen LogP contribution is 2.30. The van der Waals surface area contributed by atoms with Crippen molar-refractivity contribution in [3.8, 4) is 22.9 Å². The van der Waals surface area contributed by atoms with Crippen LogP contribution in [0.5, 0.6) is 11.5 Å². The first-order valence-electron chi connectivity index (χ1n) is 12.0. The molecule has 0 radical (unpaired) electrons. The highest BCUT2D eigenvalue weighted by molar-refractivity contribution is 6.05. The molecule has 34 heavy (non-hydrogen) atoms. The van der Waals surface area contributed by atoms with Crippen molar-refractivity contribution < 1.29 is 18.7 Å². The number of carbonyl (C=O) groups is 1. The number of carbonyl (C=O) groups excluding carboxylic acids is 1. The molecule has 0 fully saturated rings. The van der Waals surface area contributed by atoms with Gasteiger partial charge < -0.3 is 19.4 Å². The van der Waals surface area contributed by atoms with Gasteiger partial charge in [-0.25, -0.2) is 4.39 Å². The molecule has 2 aromatic carbocycles. The zero-order valence-corrected chi connectivity index (χ0v) is 19.8. The van der Waals surface area contributed by atoms with E-state index in [1.54, 1.807) is 30.3 Å². The Hall–Kier alpha value is -3.42. The summed E-state index contributed by atoms with van der Waals surface area (Å²) in [5.74, 6) is 1.79. The van der Waals surface area contributed by atoms with Crippen LogP contribution < -0.4 is 14.8 Å². The minimum Gasteiger partial charge on any atom is -0.490 e. The van der Waals surface area contributed by atoms with E-state index in [-0.39, 0.29) is 5.69 Å². The van der Waals surface area contributed by atoms with Crippen molar-refractivity contribution in [2.75, 3.05) is 18.5 Å². The van der Waals surface area contributed by atoms with Crippen LogP contribution in [0.25, 0.3) is 11.4 Å². The fourth-order valence-electron chi connectivity index (χ4n) is 3.96. The summed E-state index contributed by atoms with van der Waals surface area (Å²) in [6, 6.07) is 9.64. The van der Waals surface area contributed by atoms with E-state index in [0.29, 0.717) is 41.7 Å². The molecule has 1 amide bonds. The lowest BCUT2D eigenvalue weighted by Gasteiger charge is -2.14. The van der Waals surface area contributed by atoms with Gasteiger partial charge in [0.1, 0.15) is 11.6 Å². The van der Waals surface area contributed by atoms with Gasteiger partial charge >= 0.3 is 0 Å². The van der Waals surface area contributed by atoms with Crippen molar-refractivity contribution in [1.82, 2.24) is 14.8 Å². The van der Waals surface area contributed by atoms with E-state index in [1.165, 1.54) is 6.07 Å². The van der Waals surface area contributed by atoms with Gasteiger partial charge in [0.25, 0.3) is 5.91 Å². The molecular formula is C26H31FN4O3. The Kier molecular flexibility index (Phi) is 7.77. The molecule has 1 aromatic heterocycles. The summed E-state index contributed by atoms with van der Waals surface area (Å²) in [5.41, 5.74) is 1.17. The quantitative estimate of drug-likeness (QED) is 0.442. The number of aryl methyl sites for hydroxylation is 1. The van der Waals surface area contributed by atoms with Gasteiger partial charge in [-0.2, -0.15) is 0 Å². The Morgan fingerprint density at radius 1 is 1.00 bits per heavy atom. The first kappa shape index (κ1) is 23.7. The van der Waals surface area contributed by atoms with E-state index in [2.05, 4.69) is 20.1 Å². The summed E-state index contributed by atoms with van der Waals surface area (Å²) < 4.78 is 28.3. The molecule has 1 aliphatic heterocycles. The molecule has 0 aliphatic carbocycles. The second kappa shape index (κ2) is 11.1. The van der Waals surface area contributed by atoms with Gasteiger partial charge in [-0.05, 0) is 62.1 Å². The molecule has 8 heteroatoms. The van der Waals surface area contributed by atoms with E-state index in [1.807, 2.05) is 13.8 Å². The predicted octanol–water partition coefficient (Wildman–Crippen LogP) is 5.64. The summed E-state index contributed by atoms with van der Waals surface area (Å²) >= 11 is 0. The summed E-state index contributed by atoms with van der Waals surface area (Å²) in [6.07, 6.45) is 5.88. The maximum absolute atomic E-state index is 14.6. The topological polar surface area (TPSA) is 78.3 Å². The molecule has 0 atom stereocenters. The number of fused-ring (bicyclic) bond motifs is 1. The van der Waals surface area contributed by atoms with Crippen LogP contribution in [0.3, 0.4) is 0 Å². The number of ether oxygens (including phenoxy) is 2. The number of aromatic nitrogens is 3. The Morgan fingerprint density at radius 3 is 2.59 bits per heavy atom. The zero-order chi connectivity index (χ0) is 23.9. The minimum atomic E-state index is -0.516. The van der Waals surface area contributed by atoms with Crippen LogP contribution in [0.2, 0.25) is 0 Å². The number of benzene rings is 2. The maximum atomic E-state index is 14.6. The highest BCUT2D eigenvalue weighted by Gasteiger charge is 2.19. The molecule has 3 aromatic rings. The molecular weight excluding hydrogens is 435 g/mol. The normalized spacial score (nSPS) is 13.1. The van der Waals surface area contributed by atoms with Crippen LogP contribution in [-0.2, 0) is 13.0 Å². The average molecular weight is 467 g/mol. The van der Waals surface area contributed by atoms with Gasteiger partial charge in [0.2, 0.25) is 0 Å². The SMILES string of the molecule is CCCOc1ccc(C(=O)Nc2cc(-c3nnc4n3CCCCC4)ccc2F)cc1OCCC. The minimum absolute atomic E-state index is 0.0933. The first-order chi connectivity index (χ1) is 16.6. The van der Waals surface area contributed by atoms with Crippen LogP contribution in [0, 0.1) is 5.82 Å². The molecule has 1 N–H and O–H groups in total. The third-order valence-electron chi connectivity index (χ3n) is 5.71. The lowest BCUT2D eigenvalue weighted by Crippen LogP contribution is -2.14. The van der Waals surface area contributed by atoms with Crippen molar-refractivity contribution in [2.45, 2.75) is 58.9 Å². The molecule has 180 valence electrons. The van der Waals surface area contributed by atoms with Gasteiger partial charge in [-0.15, -0.1) is 10.2 Å². The van der Waals surface area contributed by atoms with Crippen molar-refractivity contribution >= 4 is 11.6 Å².